The molecule has 0 bridgehead atoms. The lowest BCUT2D eigenvalue weighted by Gasteiger charge is -2.22. The van der Waals surface area contributed by atoms with Gasteiger partial charge >= 0.3 is 0 Å². The van der Waals surface area contributed by atoms with Crippen molar-refractivity contribution in [2.24, 2.45) is 0 Å². The fourth-order valence-electron chi connectivity index (χ4n) is 3.64. The molecule has 0 fully saturated rings. The third-order valence-corrected chi connectivity index (χ3v) is 5.64. The highest BCUT2D eigenvalue weighted by atomic mass is 79.9. The van der Waals surface area contributed by atoms with Crippen molar-refractivity contribution in [2.75, 3.05) is 0 Å². The van der Waals surface area contributed by atoms with Crippen molar-refractivity contribution in [1.82, 2.24) is 0 Å². The second kappa shape index (κ2) is 8.80. The molecule has 0 unspecified atom stereocenters. The summed E-state index contributed by atoms with van der Waals surface area (Å²) in [6, 6.07) is 17.0. The molecule has 0 saturated carbocycles. The lowest BCUT2D eigenvalue weighted by molar-refractivity contribution is -0.384. The van der Waals surface area contributed by atoms with Gasteiger partial charge in [-0.3, -0.25) is 19.7 Å². The van der Waals surface area contributed by atoms with Crippen molar-refractivity contribution in [1.29, 1.82) is 0 Å². The summed E-state index contributed by atoms with van der Waals surface area (Å²) in [5.41, 5.74) is 2.18. The Morgan fingerprint density at radius 2 is 1.75 bits per heavy atom. The van der Waals surface area contributed by atoms with Crippen LogP contribution in [0.3, 0.4) is 0 Å². The third kappa shape index (κ3) is 4.20. The molecule has 0 aromatic heterocycles. The van der Waals surface area contributed by atoms with Crippen LogP contribution in [-0.2, 0) is 16.0 Å². The maximum absolute atomic E-state index is 14.7. The molecule has 0 amide bonds. The number of nitro groups is 1. The van der Waals surface area contributed by atoms with Crippen molar-refractivity contribution in [3.8, 4) is 0 Å². The first-order valence-corrected chi connectivity index (χ1v) is 10.4. The molecule has 0 saturated heterocycles. The average Bonchev–Trinajstić information content (AvgIpc) is 2.77. The average molecular weight is 492 g/mol. The van der Waals surface area contributed by atoms with Crippen LogP contribution in [-0.4, -0.2) is 16.5 Å². The number of fused-ring (bicyclic) bond motifs is 1. The standard InChI is InChI=1S/C25H15BrFNO4/c26-17-9-8-16-13-23(30)25(24(20(16)14-17)19-3-1-2-4-21(19)27)22(29)12-7-15-5-10-18(11-6-15)28(31)32/h1-12,14H,13H2. The quantitative estimate of drug-likeness (QED) is 0.198. The zero-order valence-electron chi connectivity index (χ0n) is 16.5. The van der Waals surface area contributed by atoms with Crippen LogP contribution in [0.5, 0.6) is 0 Å². The van der Waals surface area contributed by atoms with Crippen LogP contribution in [0, 0.1) is 15.9 Å². The molecule has 7 heteroatoms. The molecule has 0 atom stereocenters. The maximum atomic E-state index is 14.7. The SMILES string of the molecule is O=C(C=Cc1ccc([N+](=O)[O-])cc1)C1=C(c2ccccc2F)c2cc(Br)ccc2CC1=O. The lowest BCUT2D eigenvalue weighted by Crippen LogP contribution is -2.22. The zero-order chi connectivity index (χ0) is 22.8. The van der Waals surface area contributed by atoms with Gasteiger partial charge in [0, 0.05) is 34.2 Å². The Morgan fingerprint density at radius 3 is 2.44 bits per heavy atom. The Bertz CT molecular complexity index is 1330. The van der Waals surface area contributed by atoms with Crippen molar-refractivity contribution in [3.63, 3.8) is 0 Å². The zero-order valence-corrected chi connectivity index (χ0v) is 18.1. The minimum Gasteiger partial charge on any atom is -0.294 e. The van der Waals surface area contributed by atoms with E-state index in [-0.39, 0.29) is 28.8 Å². The fraction of sp³-hybridized carbons (Fsp3) is 0.0400. The van der Waals surface area contributed by atoms with Crippen LogP contribution in [0.4, 0.5) is 10.1 Å². The van der Waals surface area contributed by atoms with E-state index in [0.29, 0.717) is 16.7 Å². The minimum atomic E-state index is -0.558. The van der Waals surface area contributed by atoms with Gasteiger partial charge in [-0.2, -0.15) is 0 Å². The molecule has 32 heavy (non-hydrogen) atoms. The van der Waals surface area contributed by atoms with Gasteiger partial charge in [-0.1, -0.05) is 46.3 Å². The van der Waals surface area contributed by atoms with E-state index in [2.05, 4.69) is 15.9 Å². The molecule has 0 N–H and O–H groups in total. The van der Waals surface area contributed by atoms with Crippen molar-refractivity contribution < 1.29 is 18.9 Å². The molecule has 0 spiro atoms. The molecular weight excluding hydrogens is 477 g/mol. The third-order valence-electron chi connectivity index (χ3n) is 5.14. The van der Waals surface area contributed by atoms with E-state index in [9.17, 15) is 24.1 Å². The first-order valence-electron chi connectivity index (χ1n) is 9.63. The number of nitro benzene ring substituents is 1. The number of hydrogen-bond donors (Lipinski definition) is 0. The molecule has 1 aliphatic rings. The van der Waals surface area contributed by atoms with E-state index >= 15 is 0 Å². The Kier molecular flexibility index (Phi) is 5.92. The number of nitrogens with zero attached hydrogens (tertiary/aromatic N) is 1. The molecule has 3 aromatic carbocycles. The van der Waals surface area contributed by atoms with Gasteiger partial charge in [0.1, 0.15) is 5.82 Å². The number of non-ortho nitro benzene ring substituents is 1. The van der Waals surface area contributed by atoms with Crippen molar-refractivity contribution in [2.45, 2.75) is 6.42 Å². The summed E-state index contributed by atoms with van der Waals surface area (Å²) in [5.74, 6) is -1.48. The number of carbonyl (C=O) groups excluding carboxylic acids is 2. The number of hydrogen-bond acceptors (Lipinski definition) is 4. The second-order valence-electron chi connectivity index (χ2n) is 7.18. The van der Waals surface area contributed by atoms with Crippen LogP contribution in [0.2, 0.25) is 0 Å². The van der Waals surface area contributed by atoms with Gasteiger partial charge in [0.15, 0.2) is 11.6 Å². The number of allylic oxidation sites excluding steroid dienone is 2. The van der Waals surface area contributed by atoms with Crippen molar-refractivity contribution >= 4 is 44.8 Å². The molecule has 3 aromatic rings. The Morgan fingerprint density at radius 1 is 1.03 bits per heavy atom. The molecular formula is C25H15BrFNO4. The molecule has 0 radical (unpaired) electrons. The Balaban J connectivity index is 1.83. The first-order chi connectivity index (χ1) is 15.3. The number of halogens is 2. The highest BCUT2D eigenvalue weighted by Gasteiger charge is 2.31. The number of Topliss-reactive ketones (excluding diaryl/α,β-unsaturated/α-hetero) is 1. The summed E-state index contributed by atoms with van der Waals surface area (Å²) in [6.45, 7) is 0. The summed E-state index contributed by atoms with van der Waals surface area (Å²) in [4.78, 5) is 36.4. The second-order valence-corrected chi connectivity index (χ2v) is 8.09. The largest absolute Gasteiger partial charge is 0.294 e. The molecule has 0 heterocycles. The summed E-state index contributed by atoms with van der Waals surface area (Å²) < 4.78 is 15.5. The van der Waals surface area contributed by atoms with Gasteiger partial charge in [0.2, 0.25) is 0 Å². The normalized spacial score (nSPS) is 13.4. The molecule has 0 aliphatic heterocycles. The predicted molar refractivity (Wildman–Crippen MR) is 122 cm³/mol. The maximum Gasteiger partial charge on any atom is 0.269 e. The van der Waals surface area contributed by atoms with Gasteiger partial charge in [-0.15, -0.1) is 0 Å². The summed E-state index contributed by atoms with van der Waals surface area (Å²) >= 11 is 3.41. The highest BCUT2D eigenvalue weighted by molar-refractivity contribution is 9.10. The lowest BCUT2D eigenvalue weighted by atomic mass is 9.80. The van der Waals surface area contributed by atoms with Gasteiger partial charge in [0.25, 0.3) is 5.69 Å². The van der Waals surface area contributed by atoms with E-state index < -0.39 is 22.3 Å². The summed E-state index contributed by atoms with van der Waals surface area (Å²) in [5, 5.41) is 10.8. The summed E-state index contributed by atoms with van der Waals surface area (Å²) in [6.07, 6.45) is 2.74. The number of carbonyl (C=O) groups is 2. The molecule has 4 rings (SSSR count). The number of ketones is 2. The van der Waals surface area contributed by atoms with E-state index in [4.69, 9.17) is 0 Å². The van der Waals surface area contributed by atoms with E-state index in [1.54, 1.807) is 36.4 Å². The predicted octanol–water partition coefficient (Wildman–Crippen LogP) is 5.71. The van der Waals surface area contributed by atoms with Gasteiger partial charge < -0.3 is 0 Å². The van der Waals surface area contributed by atoms with Gasteiger partial charge in [-0.05, 0) is 53.1 Å². The van der Waals surface area contributed by atoms with Crippen LogP contribution >= 0.6 is 15.9 Å². The first kappa shape index (κ1) is 21.5. The van der Waals surface area contributed by atoms with Gasteiger partial charge in [0.05, 0.1) is 10.5 Å². The smallest absolute Gasteiger partial charge is 0.269 e. The van der Waals surface area contributed by atoms with Crippen LogP contribution in [0.1, 0.15) is 22.3 Å². The molecule has 1 aliphatic carbocycles. The minimum absolute atomic E-state index is 0.0347. The fourth-order valence-corrected chi connectivity index (χ4v) is 4.00. The van der Waals surface area contributed by atoms with E-state index in [1.165, 1.54) is 42.5 Å². The van der Waals surface area contributed by atoms with Crippen LogP contribution in [0.15, 0.2) is 82.9 Å². The number of benzene rings is 3. The van der Waals surface area contributed by atoms with E-state index in [1.807, 2.05) is 0 Å². The summed E-state index contributed by atoms with van der Waals surface area (Å²) in [7, 11) is 0. The number of rotatable bonds is 5. The van der Waals surface area contributed by atoms with Crippen LogP contribution < -0.4 is 0 Å². The topological polar surface area (TPSA) is 77.3 Å². The van der Waals surface area contributed by atoms with E-state index in [0.717, 1.165) is 4.47 Å². The van der Waals surface area contributed by atoms with Crippen molar-refractivity contribution in [3.05, 3.63) is 121 Å². The van der Waals surface area contributed by atoms with Gasteiger partial charge in [-0.25, -0.2) is 4.39 Å². The Labute approximate surface area is 191 Å². The molecule has 5 nitrogen and oxygen atoms in total. The molecule has 158 valence electrons. The monoisotopic (exact) mass is 491 g/mol. The van der Waals surface area contributed by atoms with Crippen LogP contribution in [0.25, 0.3) is 11.6 Å². The highest BCUT2D eigenvalue weighted by Crippen LogP contribution is 2.37. The Hall–Kier alpha value is -3.71.